The van der Waals surface area contributed by atoms with Gasteiger partial charge in [0, 0.05) is 39.3 Å². The number of benzene rings is 5. The van der Waals surface area contributed by atoms with E-state index >= 15 is 0 Å². The van der Waals surface area contributed by atoms with Crippen LogP contribution >= 0.6 is 0 Å². The minimum atomic E-state index is -0.0265. The Morgan fingerprint density at radius 2 is 1.30 bits per heavy atom. The first-order valence-corrected chi connectivity index (χ1v) is 20.3. The summed E-state index contributed by atoms with van der Waals surface area (Å²) < 4.78 is 0. The molecule has 5 aromatic carbocycles. The number of fused-ring (bicyclic) bond motifs is 10. The van der Waals surface area contributed by atoms with E-state index in [9.17, 15) is 0 Å². The standard InChI is InChI=1S/C50H55BN2/c1-30-24-42-44-43(25-30)53-45-38(49(10)22-14-15-23-50(49,53)11)26-32(47(5,6)7)27-40(45)51(44)39-21-18-31(46(2,3)4)28-41(39)52(42)33-19-20-37-35(29-33)34-16-12-13-17-36(34)48(37,8)9/h12-13,16-21,24-29H,14-15,22-23H2,1-11H3. The highest BCUT2D eigenvalue weighted by atomic mass is 15.3. The molecule has 2 atom stereocenters. The Labute approximate surface area is 318 Å². The minimum Gasteiger partial charge on any atom is -0.335 e. The van der Waals surface area contributed by atoms with Gasteiger partial charge in [-0.05, 0) is 129 Å². The van der Waals surface area contributed by atoms with E-state index in [2.05, 4.69) is 171 Å². The van der Waals surface area contributed by atoms with E-state index in [1.165, 1.54) is 109 Å². The molecule has 3 heterocycles. The van der Waals surface area contributed by atoms with Crippen LogP contribution in [0.25, 0.3) is 11.1 Å². The van der Waals surface area contributed by atoms with Crippen molar-refractivity contribution >= 4 is 51.5 Å². The summed E-state index contributed by atoms with van der Waals surface area (Å²) in [6.07, 6.45) is 5.04. The largest absolute Gasteiger partial charge is 0.335 e. The van der Waals surface area contributed by atoms with Crippen LogP contribution in [0.5, 0.6) is 0 Å². The van der Waals surface area contributed by atoms with Crippen molar-refractivity contribution in [3.8, 4) is 11.1 Å². The van der Waals surface area contributed by atoms with E-state index < -0.39 is 0 Å². The molecule has 53 heavy (non-hydrogen) atoms. The van der Waals surface area contributed by atoms with Gasteiger partial charge in [-0.15, -0.1) is 0 Å². The van der Waals surface area contributed by atoms with Crippen molar-refractivity contribution in [2.45, 2.75) is 129 Å². The molecule has 5 aliphatic rings. The number of hydrogen-bond donors (Lipinski definition) is 0. The van der Waals surface area contributed by atoms with Gasteiger partial charge in [0.25, 0.3) is 6.71 Å². The lowest BCUT2D eigenvalue weighted by atomic mass is 9.33. The van der Waals surface area contributed by atoms with E-state index in [1.807, 2.05) is 0 Å². The number of rotatable bonds is 1. The Morgan fingerprint density at radius 1 is 0.604 bits per heavy atom. The molecule has 10 rings (SSSR count). The predicted octanol–water partition coefficient (Wildman–Crippen LogP) is 11.3. The third kappa shape index (κ3) is 4.18. The summed E-state index contributed by atoms with van der Waals surface area (Å²) >= 11 is 0. The molecule has 1 saturated carbocycles. The highest BCUT2D eigenvalue weighted by Crippen LogP contribution is 2.62. The molecular formula is C50H55BN2. The average Bonchev–Trinajstić information content (AvgIpc) is 3.46. The smallest absolute Gasteiger partial charge is 0.252 e. The topological polar surface area (TPSA) is 6.48 Å². The maximum Gasteiger partial charge on any atom is 0.252 e. The Kier molecular flexibility index (Phi) is 6.47. The zero-order valence-corrected chi connectivity index (χ0v) is 33.9. The molecule has 2 nitrogen and oxygen atoms in total. The van der Waals surface area contributed by atoms with Crippen molar-refractivity contribution in [1.29, 1.82) is 0 Å². The number of hydrogen-bond acceptors (Lipinski definition) is 2. The molecule has 0 radical (unpaired) electrons. The van der Waals surface area contributed by atoms with Gasteiger partial charge in [-0.2, -0.15) is 0 Å². The summed E-state index contributed by atoms with van der Waals surface area (Å²) in [6.45, 7) is 26.7. The maximum atomic E-state index is 2.87. The second-order valence-electron chi connectivity index (χ2n) is 20.3. The lowest BCUT2D eigenvalue weighted by Crippen LogP contribution is -2.64. The Morgan fingerprint density at radius 3 is 2.06 bits per heavy atom. The Bertz CT molecular complexity index is 2420. The SMILES string of the molecule is Cc1cc2c3c(c1)N1c4c(cc(C(C)(C)C)cc4C4(C)CCCCC14C)B3c1ccc(C(C)(C)C)cc1N2c1ccc2c(c1)-c1ccccc1C2(C)C. The fourth-order valence-electron chi connectivity index (χ4n) is 11.5. The van der Waals surface area contributed by atoms with Gasteiger partial charge in [0.15, 0.2) is 0 Å². The van der Waals surface area contributed by atoms with Crippen molar-refractivity contribution in [3.05, 3.63) is 118 Å². The van der Waals surface area contributed by atoms with Gasteiger partial charge in [-0.1, -0.05) is 130 Å². The van der Waals surface area contributed by atoms with Crippen molar-refractivity contribution in [2.24, 2.45) is 0 Å². The van der Waals surface area contributed by atoms with Crippen molar-refractivity contribution in [2.75, 3.05) is 9.80 Å². The maximum absolute atomic E-state index is 2.87. The fraction of sp³-hybridized carbons (Fsp3) is 0.400. The van der Waals surface area contributed by atoms with Gasteiger partial charge in [-0.3, -0.25) is 0 Å². The molecule has 2 unspecified atom stereocenters. The summed E-state index contributed by atoms with van der Waals surface area (Å²) in [5.74, 6) is 0. The van der Waals surface area contributed by atoms with Gasteiger partial charge in [0.2, 0.25) is 0 Å². The van der Waals surface area contributed by atoms with Crippen LogP contribution in [0.15, 0.2) is 84.9 Å². The Balaban J connectivity index is 1.31. The first-order chi connectivity index (χ1) is 24.9. The lowest BCUT2D eigenvalue weighted by molar-refractivity contribution is 0.195. The van der Waals surface area contributed by atoms with Crippen LogP contribution < -0.4 is 26.2 Å². The highest BCUT2D eigenvalue weighted by Gasteiger charge is 2.61. The minimum absolute atomic E-state index is 0.00936. The number of nitrogens with zero attached hydrogens (tertiary/aromatic N) is 2. The summed E-state index contributed by atoms with van der Waals surface area (Å²) in [5, 5.41) is 0. The van der Waals surface area contributed by atoms with Crippen molar-refractivity contribution in [3.63, 3.8) is 0 Å². The summed E-state index contributed by atoms with van der Waals surface area (Å²) in [5.41, 5.74) is 22.8. The van der Waals surface area contributed by atoms with E-state index in [0.717, 1.165) is 0 Å². The Hall–Kier alpha value is -4.24. The van der Waals surface area contributed by atoms with Gasteiger partial charge < -0.3 is 9.80 Å². The molecule has 0 amide bonds. The van der Waals surface area contributed by atoms with E-state index in [1.54, 1.807) is 5.56 Å². The lowest BCUT2D eigenvalue weighted by Gasteiger charge is -2.53. The molecule has 3 heteroatoms. The average molecular weight is 695 g/mol. The van der Waals surface area contributed by atoms with Crippen LogP contribution in [0, 0.1) is 6.92 Å². The molecule has 0 spiro atoms. The predicted molar refractivity (Wildman–Crippen MR) is 228 cm³/mol. The van der Waals surface area contributed by atoms with Gasteiger partial charge in [-0.25, -0.2) is 0 Å². The van der Waals surface area contributed by atoms with Crippen LogP contribution in [-0.2, 0) is 21.7 Å². The molecule has 0 aromatic heterocycles. The van der Waals surface area contributed by atoms with Crippen molar-refractivity contribution in [1.82, 2.24) is 0 Å². The first kappa shape index (κ1) is 33.3. The van der Waals surface area contributed by atoms with Gasteiger partial charge in [0.1, 0.15) is 0 Å². The van der Waals surface area contributed by atoms with Crippen LogP contribution in [-0.4, -0.2) is 12.3 Å². The third-order valence-electron chi connectivity index (χ3n) is 14.7. The van der Waals surface area contributed by atoms with E-state index in [-0.39, 0.29) is 33.9 Å². The molecule has 5 aromatic rings. The van der Waals surface area contributed by atoms with Gasteiger partial charge in [0.05, 0.1) is 5.54 Å². The van der Waals surface area contributed by atoms with Crippen LogP contribution in [0.3, 0.4) is 0 Å². The number of aryl methyl sites for hydroxylation is 1. The second kappa shape index (κ2) is 10.3. The zero-order chi connectivity index (χ0) is 37.2. The second-order valence-corrected chi connectivity index (χ2v) is 20.3. The molecule has 0 N–H and O–H groups in total. The summed E-state index contributed by atoms with van der Waals surface area (Å²) in [6, 6.07) is 34.2. The summed E-state index contributed by atoms with van der Waals surface area (Å²) in [7, 11) is 0. The first-order valence-electron chi connectivity index (χ1n) is 20.3. The molecule has 3 aliphatic heterocycles. The van der Waals surface area contributed by atoms with Crippen molar-refractivity contribution < 1.29 is 0 Å². The molecule has 1 fully saturated rings. The number of anilines is 5. The highest BCUT2D eigenvalue weighted by molar-refractivity contribution is 7.00. The summed E-state index contributed by atoms with van der Waals surface area (Å²) in [4.78, 5) is 5.53. The van der Waals surface area contributed by atoms with Crippen LogP contribution in [0.4, 0.5) is 28.4 Å². The molecular weight excluding hydrogens is 639 g/mol. The molecule has 0 bridgehead atoms. The van der Waals surface area contributed by atoms with Crippen LogP contribution in [0.1, 0.15) is 128 Å². The quantitative estimate of drug-likeness (QED) is 0.158. The normalized spacial score (nSPS) is 22.9. The van der Waals surface area contributed by atoms with Crippen LogP contribution in [0.2, 0.25) is 0 Å². The molecule has 2 aliphatic carbocycles. The molecule has 0 saturated heterocycles. The molecule has 268 valence electrons. The fourth-order valence-corrected chi connectivity index (χ4v) is 11.5. The van der Waals surface area contributed by atoms with Gasteiger partial charge >= 0.3 is 0 Å². The monoisotopic (exact) mass is 694 g/mol. The van der Waals surface area contributed by atoms with E-state index in [4.69, 9.17) is 0 Å². The third-order valence-corrected chi connectivity index (χ3v) is 14.7. The van der Waals surface area contributed by atoms with E-state index in [0.29, 0.717) is 0 Å². The zero-order valence-electron chi connectivity index (χ0n) is 33.9.